The molecule has 2 nitrogen and oxygen atoms in total. The molecule has 0 unspecified atom stereocenters. The minimum Gasteiger partial charge on any atom is -0.309 e. The van der Waals surface area contributed by atoms with E-state index in [1.54, 1.807) is 37.4 Å². The molecule has 0 radical (unpaired) electrons. The Labute approximate surface area is 127 Å². The zero-order valence-corrected chi connectivity index (χ0v) is 13.2. The van der Waals surface area contributed by atoms with E-state index in [-0.39, 0.29) is 11.6 Å². The third kappa shape index (κ3) is 3.22. The molecule has 0 atom stereocenters. The van der Waals surface area contributed by atoms with Crippen LogP contribution in [-0.2, 0) is 0 Å². The number of benzene rings is 2. The molecule has 1 amide bonds. The highest BCUT2D eigenvalue weighted by Crippen LogP contribution is 2.24. The molecule has 98 valence electrons. The Morgan fingerprint density at radius 2 is 1.68 bits per heavy atom. The Balaban J connectivity index is 2.36. The van der Waals surface area contributed by atoms with Crippen LogP contribution < -0.4 is 4.90 Å². The molecule has 0 N–H and O–H groups in total. The van der Waals surface area contributed by atoms with Crippen molar-refractivity contribution in [3.05, 3.63) is 62.8 Å². The number of para-hydroxylation sites is 1. The second-order valence-corrected chi connectivity index (χ2v) is 5.81. The van der Waals surface area contributed by atoms with Crippen LogP contribution >= 0.6 is 31.9 Å². The van der Waals surface area contributed by atoms with Gasteiger partial charge >= 0.3 is 0 Å². The topological polar surface area (TPSA) is 20.3 Å². The first-order chi connectivity index (χ1) is 8.99. The first kappa shape index (κ1) is 14.2. The number of carbonyl (C=O) groups is 1. The number of hydrogen-bond acceptors (Lipinski definition) is 1. The molecule has 0 saturated heterocycles. The van der Waals surface area contributed by atoms with Gasteiger partial charge < -0.3 is 4.90 Å². The monoisotopic (exact) mass is 385 g/mol. The van der Waals surface area contributed by atoms with Crippen molar-refractivity contribution in [3.8, 4) is 0 Å². The van der Waals surface area contributed by atoms with Gasteiger partial charge in [0.1, 0.15) is 5.82 Å². The van der Waals surface area contributed by atoms with Gasteiger partial charge in [0.2, 0.25) is 0 Å². The molecule has 2 aromatic carbocycles. The molecule has 0 bridgehead atoms. The van der Waals surface area contributed by atoms with Crippen LogP contribution in [0, 0.1) is 5.82 Å². The van der Waals surface area contributed by atoms with E-state index in [2.05, 4.69) is 31.9 Å². The van der Waals surface area contributed by atoms with Gasteiger partial charge in [0.15, 0.2) is 0 Å². The average Bonchev–Trinajstić information content (AvgIpc) is 2.36. The van der Waals surface area contributed by atoms with E-state index in [0.29, 0.717) is 5.56 Å². The van der Waals surface area contributed by atoms with Crippen LogP contribution in [0.5, 0.6) is 0 Å². The summed E-state index contributed by atoms with van der Waals surface area (Å²) < 4.78 is 15.2. The highest BCUT2D eigenvalue weighted by Gasteiger charge is 2.17. The van der Waals surface area contributed by atoms with Crippen molar-refractivity contribution in [1.82, 2.24) is 0 Å². The largest absolute Gasteiger partial charge is 0.309 e. The van der Waals surface area contributed by atoms with E-state index in [4.69, 9.17) is 0 Å². The van der Waals surface area contributed by atoms with Crippen LogP contribution in [0.4, 0.5) is 10.1 Å². The van der Waals surface area contributed by atoms with E-state index in [1.165, 1.54) is 11.0 Å². The number of halogens is 3. The zero-order chi connectivity index (χ0) is 14.0. The molecule has 0 saturated carbocycles. The molecule has 0 heterocycles. The Hall–Kier alpha value is -1.20. The predicted molar refractivity (Wildman–Crippen MR) is 81.0 cm³/mol. The molecular formula is C14H10Br2FNO. The smallest absolute Gasteiger partial charge is 0.258 e. The molecule has 0 fully saturated rings. The molecule has 5 heteroatoms. The maximum absolute atomic E-state index is 13.7. The summed E-state index contributed by atoms with van der Waals surface area (Å²) in [4.78, 5) is 13.6. The lowest BCUT2D eigenvalue weighted by atomic mass is 10.2. The van der Waals surface area contributed by atoms with Crippen molar-refractivity contribution in [2.75, 3.05) is 11.9 Å². The van der Waals surface area contributed by atoms with Crippen molar-refractivity contribution >= 4 is 43.5 Å². The van der Waals surface area contributed by atoms with Crippen molar-refractivity contribution in [2.45, 2.75) is 0 Å². The third-order valence-electron chi connectivity index (χ3n) is 2.63. The highest BCUT2D eigenvalue weighted by atomic mass is 79.9. The van der Waals surface area contributed by atoms with E-state index < -0.39 is 5.82 Å². The standard InChI is InChI=1S/C14H10Br2FNO/c1-18(13-5-3-2-4-12(13)17)14(19)9-6-10(15)8-11(16)7-9/h2-8H,1H3. The molecular weight excluding hydrogens is 377 g/mol. The van der Waals surface area contributed by atoms with Crippen molar-refractivity contribution in [3.63, 3.8) is 0 Å². The summed E-state index contributed by atoms with van der Waals surface area (Å²) in [5.41, 5.74) is 0.732. The summed E-state index contributed by atoms with van der Waals surface area (Å²) in [7, 11) is 1.55. The second-order valence-electron chi connectivity index (χ2n) is 3.97. The van der Waals surface area contributed by atoms with Crippen LogP contribution in [0.2, 0.25) is 0 Å². The number of rotatable bonds is 2. The van der Waals surface area contributed by atoms with Gasteiger partial charge in [-0.15, -0.1) is 0 Å². The van der Waals surface area contributed by atoms with Gasteiger partial charge in [-0.2, -0.15) is 0 Å². The van der Waals surface area contributed by atoms with Gasteiger partial charge in [-0.25, -0.2) is 4.39 Å². The van der Waals surface area contributed by atoms with Gasteiger partial charge in [-0.1, -0.05) is 44.0 Å². The van der Waals surface area contributed by atoms with Crippen LogP contribution in [0.15, 0.2) is 51.4 Å². The van der Waals surface area contributed by atoms with Crippen LogP contribution in [0.1, 0.15) is 10.4 Å². The summed E-state index contributed by atoms with van der Waals surface area (Å²) in [6, 6.07) is 11.4. The SMILES string of the molecule is CN(C(=O)c1cc(Br)cc(Br)c1)c1ccccc1F. The molecule has 19 heavy (non-hydrogen) atoms. The predicted octanol–water partition coefficient (Wildman–Crippen LogP) is 4.63. The van der Waals surface area contributed by atoms with Crippen molar-refractivity contribution in [1.29, 1.82) is 0 Å². The number of anilines is 1. The summed E-state index contributed by atoms with van der Waals surface area (Å²) >= 11 is 6.65. The number of hydrogen-bond donors (Lipinski definition) is 0. The summed E-state index contributed by atoms with van der Waals surface area (Å²) in [5.74, 6) is -0.695. The van der Waals surface area contributed by atoms with Crippen LogP contribution in [-0.4, -0.2) is 13.0 Å². The third-order valence-corrected chi connectivity index (χ3v) is 3.54. The van der Waals surface area contributed by atoms with E-state index in [1.807, 2.05) is 6.07 Å². The van der Waals surface area contributed by atoms with Crippen LogP contribution in [0.25, 0.3) is 0 Å². The number of nitrogens with zero attached hydrogens (tertiary/aromatic N) is 1. The fourth-order valence-corrected chi connectivity index (χ4v) is 3.00. The Bertz CT molecular complexity index is 610. The molecule has 2 aromatic rings. The van der Waals surface area contributed by atoms with Crippen molar-refractivity contribution < 1.29 is 9.18 Å². The Kier molecular flexibility index (Phi) is 4.37. The summed E-state index contributed by atoms with van der Waals surface area (Å²) in [5, 5.41) is 0. The second kappa shape index (κ2) is 5.84. The zero-order valence-electron chi connectivity index (χ0n) is 10.0. The molecule has 0 aliphatic carbocycles. The van der Waals surface area contributed by atoms with Gasteiger partial charge in [0, 0.05) is 21.6 Å². The molecule has 0 spiro atoms. The van der Waals surface area contributed by atoms with Gasteiger partial charge in [0.05, 0.1) is 5.69 Å². The lowest BCUT2D eigenvalue weighted by Crippen LogP contribution is -2.27. The van der Waals surface area contributed by atoms with Crippen LogP contribution in [0.3, 0.4) is 0 Å². The Morgan fingerprint density at radius 1 is 1.11 bits per heavy atom. The quantitative estimate of drug-likeness (QED) is 0.736. The fourth-order valence-electron chi connectivity index (χ4n) is 1.70. The van der Waals surface area contributed by atoms with Crippen molar-refractivity contribution in [2.24, 2.45) is 0 Å². The molecule has 0 aliphatic rings. The minimum absolute atomic E-state index is 0.253. The lowest BCUT2D eigenvalue weighted by molar-refractivity contribution is 0.0992. The molecule has 2 rings (SSSR count). The maximum atomic E-state index is 13.7. The highest BCUT2D eigenvalue weighted by molar-refractivity contribution is 9.11. The fraction of sp³-hybridized carbons (Fsp3) is 0.0714. The van der Waals surface area contributed by atoms with Gasteiger partial charge in [-0.05, 0) is 30.3 Å². The lowest BCUT2D eigenvalue weighted by Gasteiger charge is -2.18. The maximum Gasteiger partial charge on any atom is 0.258 e. The minimum atomic E-state index is -0.424. The molecule has 0 aromatic heterocycles. The first-order valence-corrected chi connectivity index (χ1v) is 7.06. The summed E-state index contributed by atoms with van der Waals surface area (Å²) in [6.07, 6.45) is 0. The first-order valence-electron chi connectivity index (χ1n) is 5.47. The summed E-state index contributed by atoms with van der Waals surface area (Å²) in [6.45, 7) is 0. The number of amides is 1. The normalized spacial score (nSPS) is 10.3. The van der Waals surface area contributed by atoms with E-state index >= 15 is 0 Å². The molecule has 0 aliphatic heterocycles. The van der Waals surface area contributed by atoms with Gasteiger partial charge in [-0.3, -0.25) is 4.79 Å². The van der Waals surface area contributed by atoms with E-state index in [9.17, 15) is 9.18 Å². The Morgan fingerprint density at radius 3 is 2.26 bits per heavy atom. The van der Waals surface area contributed by atoms with Gasteiger partial charge in [0.25, 0.3) is 5.91 Å². The average molecular weight is 387 g/mol. The van der Waals surface area contributed by atoms with E-state index in [0.717, 1.165) is 8.95 Å². The number of carbonyl (C=O) groups excluding carboxylic acids is 1.